The number of rotatable bonds is 4. The molecule has 0 aliphatic carbocycles. The summed E-state index contributed by atoms with van der Waals surface area (Å²) in [6.07, 6.45) is -2.95. The first kappa shape index (κ1) is 10.8. The predicted molar refractivity (Wildman–Crippen MR) is 47.5 cm³/mol. The highest BCUT2D eigenvalue weighted by Crippen LogP contribution is 2.10. The third-order valence-corrected chi connectivity index (χ3v) is 1.72. The second kappa shape index (κ2) is 4.81. The third-order valence-electron chi connectivity index (χ3n) is 1.72. The van der Waals surface area contributed by atoms with Crippen molar-refractivity contribution < 1.29 is 18.3 Å². The Balaban J connectivity index is 2.88. The van der Waals surface area contributed by atoms with Crippen molar-refractivity contribution >= 4 is 5.78 Å². The molecular weight excluding hydrogens is 190 g/mol. The number of hydrogen-bond donors (Lipinski definition) is 0. The lowest BCUT2D eigenvalue weighted by atomic mass is 10.1. The molecule has 0 atom stereocenters. The van der Waals surface area contributed by atoms with Gasteiger partial charge in [0.2, 0.25) is 5.78 Å². The van der Waals surface area contributed by atoms with Crippen LogP contribution >= 0.6 is 0 Å². The fourth-order valence-corrected chi connectivity index (χ4v) is 1.11. The molecule has 0 saturated carbocycles. The molecule has 0 N–H and O–H groups in total. The quantitative estimate of drug-likeness (QED) is 0.697. The van der Waals surface area contributed by atoms with E-state index in [0.717, 1.165) is 0 Å². The van der Waals surface area contributed by atoms with Crippen LogP contribution in [0.25, 0.3) is 0 Å². The van der Waals surface area contributed by atoms with Crippen molar-refractivity contribution in [2.24, 2.45) is 0 Å². The Morgan fingerprint density at radius 1 is 1.50 bits per heavy atom. The minimum absolute atomic E-state index is 0.0227. The van der Waals surface area contributed by atoms with Gasteiger partial charge in [-0.1, -0.05) is 18.2 Å². The van der Waals surface area contributed by atoms with E-state index in [2.05, 4.69) is 0 Å². The van der Waals surface area contributed by atoms with Crippen LogP contribution in [0.2, 0.25) is 0 Å². The zero-order valence-electron chi connectivity index (χ0n) is 7.67. The van der Waals surface area contributed by atoms with Gasteiger partial charge in [-0.25, -0.2) is 8.78 Å². The topological polar surface area (TPSA) is 26.3 Å². The average molecular weight is 200 g/mol. The number of methoxy groups -OCH3 is 1. The summed E-state index contributed by atoms with van der Waals surface area (Å²) in [7, 11) is 1.50. The van der Waals surface area contributed by atoms with Crippen LogP contribution in [0.3, 0.4) is 0 Å². The molecule has 1 rings (SSSR count). The molecular formula is C10H10F2O2. The number of ketones is 1. The minimum atomic E-state index is -2.95. The summed E-state index contributed by atoms with van der Waals surface area (Å²) in [4.78, 5) is 10.9. The van der Waals surface area contributed by atoms with Crippen molar-refractivity contribution in [3.8, 4) is 0 Å². The lowest BCUT2D eigenvalue weighted by molar-refractivity contribution is 0.0678. The fourth-order valence-electron chi connectivity index (χ4n) is 1.11. The van der Waals surface area contributed by atoms with E-state index in [0.29, 0.717) is 12.2 Å². The zero-order valence-corrected chi connectivity index (χ0v) is 7.67. The van der Waals surface area contributed by atoms with Crippen molar-refractivity contribution in [2.45, 2.75) is 13.0 Å². The molecule has 14 heavy (non-hydrogen) atoms. The van der Waals surface area contributed by atoms with Gasteiger partial charge in [0, 0.05) is 12.7 Å². The normalized spacial score (nSPS) is 10.6. The lowest BCUT2D eigenvalue weighted by Crippen LogP contribution is -2.10. The van der Waals surface area contributed by atoms with Crippen LogP contribution in [-0.4, -0.2) is 19.3 Å². The highest BCUT2D eigenvalue weighted by atomic mass is 19.3. The number of carbonyl (C=O) groups is 1. The molecule has 0 amide bonds. The Labute approximate surface area is 80.5 Å². The van der Waals surface area contributed by atoms with Crippen LogP contribution < -0.4 is 0 Å². The second-order valence-electron chi connectivity index (χ2n) is 2.80. The Morgan fingerprint density at radius 3 is 2.79 bits per heavy atom. The molecule has 0 spiro atoms. The monoisotopic (exact) mass is 200 g/mol. The molecule has 76 valence electrons. The van der Waals surface area contributed by atoms with Gasteiger partial charge in [-0.3, -0.25) is 4.79 Å². The van der Waals surface area contributed by atoms with Gasteiger partial charge in [-0.05, 0) is 11.6 Å². The second-order valence-corrected chi connectivity index (χ2v) is 2.80. The van der Waals surface area contributed by atoms with Crippen LogP contribution in [0.4, 0.5) is 8.78 Å². The van der Waals surface area contributed by atoms with Crippen LogP contribution in [0.15, 0.2) is 24.3 Å². The summed E-state index contributed by atoms with van der Waals surface area (Å²) in [6.45, 7) is 0.310. The molecule has 1 aromatic carbocycles. The number of carbonyl (C=O) groups excluding carboxylic acids is 1. The first-order valence-corrected chi connectivity index (χ1v) is 4.05. The number of hydrogen-bond acceptors (Lipinski definition) is 2. The van der Waals surface area contributed by atoms with Gasteiger partial charge in [0.1, 0.15) is 0 Å². The van der Waals surface area contributed by atoms with Crippen LogP contribution in [-0.2, 0) is 11.3 Å². The van der Waals surface area contributed by atoms with E-state index >= 15 is 0 Å². The molecule has 1 aromatic rings. The maximum Gasteiger partial charge on any atom is 0.300 e. The third kappa shape index (κ3) is 2.60. The molecule has 0 unspecified atom stereocenters. The van der Waals surface area contributed by atoms with Crippen LogP contribution in [0.1, 0.15) is 15.9 Å². The Kier molecular flexibility index (Phi) is 3.71. The molecule has 0 aliphatic heterocycles. The molecule has 0 aromatic heterocycles. The van der Waals surface area contributed by atoms with E-state index in [1.54, 1.807) is 12.1 Å². The highest BCUT2D eigenvalue weighted by Gasteiger charge is 2.17. The molecule has 0 radical (unpaired) electrons. The van der Waals surface area contributed by atoms with Gasteiger partial charge in [-0.15, -0.1) is 0 Å². The Hall–Kier alpha value is -1.29. The van der Waals surface area contributed by atoms with Crippen molar-refractivity contribution in [1.29, 1.82) is 0 Å². The molecule has 0 saturated heterocycles. The molecule has 0 heterocycles. The smallest absolute Gasteiger partial charge is 0.300 e. The SMILES string of the molecule is COCc1cccc(C(=O)C(F)F)c1. The van der Waals surface area contributed by atoms with Crippen molar-refractivity contribution in [1.82, 2.24) is 0 Å². The number of alkyl halides is 2. The number of halogens is 2. The van der Waals surface area contributed by atoms with Crippen molar-refractivity contribution in [3.05, 3.63) is 35.4 Å². The van der Waals surface area contributed by atoms with Gasteiger partial charge in [0.25, 0.3) is 0 Å². The summed E-state index contributed by atoms with van der Waals surface area (Å²) in [6, 6.07) is 6.06. The van der Waals surface area contributed by atoms with E-state index in [-0.39, 0.29) is 5.56 Å². The highest BCUT2D eigenvalue weighted by molar-refractivity contribution is 5.98. The van der Waals surface area contributed by atoms with Gasteiger partial charge < -0.3 is 4.74 Å². The maximum absolute atomic E-state index is 12.1. The van der Waals surface area contributed by atoms with Gasteiger partial charge in [0.15, 0.2) is 0 Å². The van der Waals surface area contributed by atoms with Gasteiger partial charge in [0.05, 0.1) is 6.61 Å². The largest absolute Gasteiger partial charge is 0.380 e. The van der Waals surface area contributed by atoms with Crippen molar-refractivity contribution in [3.63, 3.8) is 0 Å². The van der Waals surface area contributed by atoms with E-state index in [1.165, 1.54) is 19.2 Å². The van der Waals surface area contributed by atoms with Gasteiger partial charge >= 0.3 is 6.43 Å². The molecule has 2 nitrogen and oxygen atoms in total. The summed E-state index contributed by atoms with van der Waals surface area (Å²) in [5, 5.41) is 0. The standard InChI is InChI=1S/C10H10F2O2/c1-14-6-7-3-2-4-8(5-7)9(13)10(11)12/h2-5,10H,6H2,1H3. The molecule has 4 heteroatoms. The number of ether oxygens (including phenoxy) is 1. The Morgan fingerprint density at radius 2 is 2.21 bits per heavy atom. The number of benzene rings is 1. The summed E-state index contributed by atoms with van der Waals surface area (Å²) < 4.78 is 28.9. The molecule has 0 fully saturated rings. The van der Waals surface area contributed by atoms with E-state index in [4.69, 9.17) is 4.74 Å². The summed E-state index contributed by atoms with van der Waals surface area (Å²) in [5.41, 5.74) is 0.730. The molecule has 0 bridgehead atoms. The first-order chi connectivity index (χ1) is 6.65. The van der Waals surface area contributed by atoms with Gasteiger partial charge in [-0.2, -0.15) is 0 Å². The number of Topliss-reactive ketones (excluding diaryl/α,β-unsaturated/α-hetero) is 1. The van der Waals surface area contributed by atoms with Crippen molar-refractivity contribution in [2.75, 3.05) is 7.11 Å². The van der Waals surface area contributed by atoms with E-state index in [1.807, 2.05) is 0 Å². The summed E-state index contributed by atoms with van der Waals surface area (Å²) in [5.74, 6) is -1.15. The molecule has 0 aliphatic rings. The first-order valence-electron chi connectivity index (χ1n) is 4.05. The summed E-state index contributed by atoms with van der Waals surface area (Å²) >= 11 is 0. The fraction of sp³-hybridized carbons (Fsp3) is 0.300. The predicted octanol–water partition coefficient (Wildman–Crippen LogP) is 2.28. The lowest BCUT2D eigenvalue weighted by Gasteiger charge is -2.02. The zero-order chi connectivity index (χ0) is 10.6. The van der Waals surface area contributed by atoms with Crippen LogP contribution in [0.5, 0.6) is 0 Å². The minimum Gasteiger partial charge on any atom is -0.380 e. The van der Waals surface area contributed by atoms with Crippen LogP contribution in [0, 0.1) is 0 Å². The maximum atomic E-state index is 12.1. The van der Waals surface area contributed by atoms with E-state index < -0.39 is 12.2 Å². The van der Waals surface area contributed by atoms with E-state index in [9.17, 15) is 13.6 Å². The Bertz CT molecular complexity index is 324. The average Bonchev–Trinajstić information content (AvgIpc) is 2.17.